The average Bonchev–Trinajstić information content (AvgIpc) is 2.18. The number of likely N-dealkylation sites (N-methyl/N-ethyl adjacent to an activating group) is 2. The summed E-state index contributed by atoms with van der Waals surface area (Å²) in [6.45, 7) is 9.00. The van der Waals surface area contributed by atoms with Crippen molar-refractivity contribution in [1.82, 2.24) is 9.80 Å². The maximum absolute atomic E-state index is 10.1. The van der Waals surface area contributed by atoms with E-state index in [9.17, 15) is 5.11 Å². The molecule has 3 heteroatoms. The monoisotopic (exact) mass is 212 g/mol. The normalized spacial score (nSPS) is 26.5. The number of rotatable bonds is 4. The minimum atomic E-state index is -0.227. The second-order valence-electron chi connectivity index (χ2n) is 4.87. The van der Waals surface area contributed by atoms with Gasteiger partial charge in [0.05, 0.1) is 6.10 Å². The minimum Gasteiger partial charge on any atom is -0.391 e. The van der Waals surface area contributed by atoms with Crippen molar-refractivity contribution in [1.29, 1.82) is 0 Å². The van der Waals surface area contributed by atoms with Gasteiger partial charge in [0.1, 0.15) is 0 Å². The van der Waals surface area contributed by atoms with Crippen LogP contribution in [0.3, 0.4) is 0 Å². The average molecular weight is 212 g/mol. The number of hydrogen-bond acceptors (Lipinski definition) is 3. The molecule has 1 heterocycles. The Morgan fingerprint density at radius 3 is 2.73 bits per heavy atom. The van der Waals surface area contributed by atoms with Crippen LogP contribution < -0.4 is 0 Å². The molecule has 88 valence electrons. The number of aliphatic hydroxyl groups is 1. The molecular formula is C12H24N2O. The fraction of sp³-hybridized carbons (Fsp3) is 0.833. The maximum atomic E-state index is 10.1. The predicted molar refractivity (Wildman–Crippen MR) is 64.0 cm³/mol. The van der Waals surface area contributed by atoms with Gasteiger partial charge in [-0.15, -0.1) is 6.58 Å². The summed E-state index contributed by atoms with van der Waals surface area (Å²) in [7, 11) is 4.22. The Bertz CT molecular complexity index is 218. The standard InChI is InChI=1S/C12H24N2O/c1-10(2)5-6-12(15)11-9-13(3)7-8-14(11)4/h11-12,15H,1,5-9H2,2-4H3. The third kappa shape index (κ3) is 3.93. The Morgan fingerprint density at radius 1 is 1.47 bits per heavy atom. The third-order valence-corrected chi connectivity index (χ3v) is 3.21. The third-order valence-electron chi connectivity index (χ3n) is 3.21. The van der Waals surface area contributed by atoms with Crippen molar-refractivity contribution in [2.75, 3.05) is 33.7 Å². The minimum absolute atomic E-state index is 0.227. The van der Waals surface area contributed by atoms with E-state index < -0.39 is 0 Å². The van der Waals surface area contributed by atoms with Gasteiger partial charge in [0.2, 0.25) is 0 Å². The molecule has 1 N–H and O–H groups in total. The molecule has 2 atom stereocenters. The van der Waals surface area contributed by atoms with Crippen LogP contribution in [0.5, 0.6) is 0 Å². The molecule has 0 aromatic rings. The summed E-state index contributed by atoms with van der Waals surface area (Å²) in [6.07, 6.45) is 1.53. The van der Waals surface area contributed by atoms with Crippen LogP contribution in [0.1, 0.15) is 19.8 Å². The Hall–Kier alpha value is -0.380. The Labute approximate surface area is 93.4 Å². The molecule has 1 fully saturated rings. The first-order valence-electron chi connectivity index (χ1n) is 5.72. The zero-order valence-electron chi connectivity index (χ0n) is 10.2. The summed E-state index contributed by atoms with van der Waals surface area (Å²) in [4.78, 5) is 4.55. The molecule has 2 unspecified atom stereocenters. The molecule has 0 saturated carbocycles. The van der Waals surface area contributed by atoms with Gasteiger partial charge in [0.25, 0.3) is 0 Å². The molecule has 1 rings (SSSR count). The SMILES string of the molecule is C=C(C)CCC(O)C1CN(C)CCN1C. The van der Waals surface area contributed by atoms with Gasteiger partial charge < -0.3 is 10.0 Å². The number of nitrogens with zero attached hydrogens (tertiary/aromatic N) is 2. The quantitative estimate of drug-likeness (QED) is 0.703. The Kier molecular flexibility index (Phi) is 4.77. The molecule has 15 heavy (non-hydrogen) atoms. The van der Waals surface area contributed by atoms with Gasteiger partial charge in [-0.2, -0.15) is 0 Å². The van der Waals surface area contributed by atoms with Gasteiger partial charge in [0, 0.05) is 25.7 Å². The van der Waals surface area contributed by atoms with Crippen LogP contribution in [0.25, 0.3) is 0 Å². The summed E-state index contributed by atoms with van der Waals surface area (Å²) in [5.41, 5.74) is 1.15. The molecule has 1 aliphatic heterocycles. The highest BCUT2D eigenvalue weighted by molar-refractivity contribution is 4.91. The van der Waals surface area contributed by atoms with Crippen LogP contribution in [-0.2, 0) is 0 Å². The van der Waals surface area contributed by atoms with Gasteiger partial charge in [-0.25, -0.2) is 0 Å². The fourth-order valence-electron chi connectivity index (χ4n) is 2.05. The summed E-state index contributed by atoms with van der Waals surface area (Å²) < 4.78 is 0. The molecule has 0 aromatic heterocycles. The zero-order valence-corrected chi connectivity index (χ0v) is 10.2. The lowest BCUT2D eigenvalue weighted by Crippen LogP contribution is -2.55. The van der Waals surface area contributed by atoms with Crippen molar-refractivity contribution in [3.8, 4) is 0 Å². The smallest absolute Gasteiger partial charge is 0.0710 e. The molecule has 1 saturated heterocycles. The van der Waals surface area contributed by atoms with Crippen molar-refractivity contribution < 1.29 is 5.11 Å². The van der Waals surface area contributed by atoms with E-state index in [1.54, 1.807) is 0 Å². The van der Waals surface area contributed by atoms with E-state index in [0.29, 0.717) is 0 Å². The van der Waals surface area contributed by atoms with Crippen LogP contribution in [-0.4, -0.2) is 60.8 Å². The van der Waals surface area contributed by atoms with Crippen molar-refractivity contribution in [3.63, 3.8) is 0 Å². The summed E-state index contributed by atoms with van der Waals surface area (Å²) >= 11 is 0. The van der Waals surface area contributed by atoms with Crippen LogP contribution in [0.15, 0.2) is 12.2 Å². The first-order chi connectivity index (χ1) is 7.00. The first kappa shape index (κ1) is 12.7. The van der Waals surface area contributed by atoms with Crippen molar-refractivity contribution >= 4 is 0 Å². The van der Waals surface area contributed by atoms with Gasteiger partial charge in [-0.05, 0) is 33.9 Å². The summed E-state index contributed by atoms with van der Waals surface area (Å²) in [5.74, 6) is 0. The molecule has 0 radical (unpaired) electrons. The highest BCUT2D eigenvalue weighted by Gasteiger charge is 2.27. The predicted octanol–water partition coefficient (Wildman–Crippen LogP) is 0.949. The van der Waals surface area contributed by atoms with E-state index in [2.05, 4.69) is 30.5 Å². The Balaban J connectivity index is 2.41. The van der Waals surface area contributed by atoms with Gasteiger partial charge in [-0.1, -0.05) is 5.57 Å². The van der Waals surface area contributed by atoms with E-state index in [0.717, 1.165) is 38.0 Å². The van der Waals surface area contributed by atoms with Crippen molar-refractivity contribution in [2.24, 2.45) is 0 Å². The van der Waals surface area contributed by atoms with Crippen molar-refractivity contribution in [2.45, 2.75) is 31.9 Å². The number of hydrogen-bond donors (Lipinski definition) is 1. The van der Waals surface area contributed by atoms with Gasteiger partial charge >= 0.3 is 0 Å². The zero-order chi connectivity index (χ0) is 11.4. The molecule has 1 aliphatic rings. The molecular weight excluding hydrogens is 188 g/mol. The summed E-state index contributed by atoms with van der Waals surface area (Å²) in [6, 6.07) is 0.281. The van der Waals surface area contributed by atoms with E-state index >= 15 is 0 Å². The van der Waals surface area contributed by atoms with Crippen LogP contribution in [0.4, 0.5) is 0 Å². The number of aliphatic hydroxyl groups excluding tert-OH is 1. The largest absolute Gasteiger partial charge is 0.391 e. The molecule has 3 nitrogen and oxygen atoms in total. The van der Waals surface area contributed by atoms with Gasteiger partial charge in [-0.3, -0.25) is 4.90 Å². The molecule has 0 bridgehead atoms. The van der Waals surface area contributed by atoms with E-state index in [1.165, 1.54) is 0 Å². The van der Waals surface area contributed by atoms with Crippen LogP contribution >= 0.6 is 0 Å². The molecule has 0 amide bonds. The molecule has 0 aromatic carbocycles. The highest BCUT2D eigenvalue weighted by atomic mass is 16.3. The number of piperazine rings is 1. The van der Waals surface area contributed by atoms with E-state index in [-0.39, 0.29) is 12.1 Å². The maximum Gasteiger partial charge on any atom is 0.0710 e. The van der Waals surface area contributed by atoms with Crippen LogP contribution in [0.2, 0.25) is 0 Å². The number of allylic oxidation sites excluding steroid dienone is 1. The van der Waals surface area contributed by atoms with E-state index in [1.807, 2.05) is 6.92 Å². The topological polar surface area (TPSA) is 26.7 Å². The second-order valence-corrected chi connectivity index (χ2v) is 4.87. The fourth-order valence-corrected chi connectivity index (χ4v) is 2.05. The molecule has 0 aliphatic carbocycles. The summed E-state index contributed by atoms with van der Waals surface area (Å²) in [5, 5.41) is 10.1. The van der Waals surface area contributed by atoms with E-state index in [4.69, 9.17) is 0 Å². The molecule has 0 spiro atoms. The first-order valence-corrected chi connectivity index (χ1v) is 5.72. The lowest BCUT2D eigenvalue weighted by molar-refractivity contribution is 0.0111. The highest BCUT2D eigenvalue weighted by Crippen LogP contribution is 2.15. The second kappa shape index (κ2) is 5.64. The van der Waals surface area contributed by atoms with Gasteiger partial charge in [0.15, 0.2) is 0 Å². The Morgan fingerprint density at radius 2 is 2.13 bits per heavy atom. The lowest BCUT2D eigenvalue weighted by atomic mass is 10.0. The van der Waals surface area contributed by atoms with Crippen molar-refractivity contribution in [3.05, 3.63) is 12.2 Å². The van der Waals surface area contributed by atoms with Crippen LogP contribution in [0, 0.1) is 0 Å². The lowest BCUT2D eigenvalue weighted by Gasteiger charge is -2.40.